The second-order valence-corrected chi connectivity index (χ2v) is 7.69. The molecule has 1 atom stereocenters. The molecule has 28 heavy (non-hydrogen) atoms. The van der Waals surface area contributed by atoms with E-state index in [-0.39, 0.29) is 11.9 Å². The van der Waals surface area contributed by atoms with Crippen LogP contribution in [-0.4, -0.2) is 18.1 Å². The number of ether oxygens (including phenoxy) is 1. The summed E-state index contributed by atoms with van der Waals surface area (Å²) in [5.74, 6) is 1.71. The number of nitrogens with zero attached hydrogens (tertiary/aromatic N) is 1. The minimum absolute atomic E-state index is 0.0823. The van der Waals surface area contributed by atoms with Gasteiger partial charge in [-0.3, -0.25) is 4.79 Å². The molecule has 0 amide bonds. The van der Waals surface area contributed by atoms with Crippen LogP contribution in [-0.2, 0) is 4.84 Å². The first-order valence-corrected chi connectivity index (χ1v) is 10.2. The predicted molar refractivity (Wildman–Crippen MR) is 112 cm³/mol. The van der Waals surface area contributed by atoms with E-state index in [0.717, 1.165) is 54.0 Å². The molecule has 0 aromatic heterocycles. The normalized spacial score (nSPS) is 16.0. The zero-order valence-electron chi connectivity index (χ0n) is 17.0. The third kappa shape index (κ3) is 5.22. The quantitative estimate of drug-likeness (QED) is 0.505. The van der Waals surface area contributed by atoms with Crippen LogP contribution >= 0.6 is 0 Å². The molecule has 1 aliphatic heterocycles. The van der Waals surface area contributed by atoms with Gasteiger partial charge >= 0.3 is 0 Å². The SMILES string of the molecule is CCCC(=O)c1ccc(C2=NOC(c3ccc(OCCC(C)C)cc3)C2)cc1. The lowest BCUT2D eigenvalue weighted by atomic mass is 9.98. The summed E-state index contributed by atoms with van der Waals surface area (Å²) in [6.45, 7) is 7.14. The van der Waals surface area contributed by atoms with Gasteiger partial charge in [0.15, 0.2) is 11.9 Å². The summed E-state index contributed by atoms with van der Waals surface area (Å²) in [5, 5.41) is 4.27. The summed E-state index contributed by atoms with van der Waals surface area (Å²) in [7, 11) is 0. The maximum Gasteiger partial charge on any atom is 0.162 e. The fourth-order valence-corrected chi connectivity index (χ4v) is 3.14. The Hall–Kier alpha value is -2.62. The monoisotopic (exact) mass is 379 g/mol. The first kappa shape index (κ1) is 20.1. The van der Waals surface area contributed by atoms with Crippen LogP contribution in [0, 0.1) is 5.92 Å². The summed E-state index contributed by atoms with van der Waals surface area (Å²) in [4.78, 5) is 17.6. The van der Waals surface area contributed by atoms with Crippen LogP contribution in [0.4, 0.5) is 0 Å². The Labute approximate surface area is 167 Å². The second-order valence-electron chi connectivity index (χ2n) is 7.69. The van der Waals surface area contributed by atoms with Gasteiger partial charge in [0.2, 0.25) is 0 Å². The van der Waals surface area contributed by atoms with E-state index in [9.17, 15) is 4.79 Å². The molecule has 148 valence electrons. The van der Waals surface area contributed by atoms with E-state index < -0.39 is 0 Å². The maximum absolute atomic E-state index is 12.0. The van der Waals surface area contributed by atoms with Crippen LogP contribution < -0.4 is 4.74 Å². The molecule has 1 unspecified atom stereocenters. The summed E-state index contributed by atoms with van der Waals surface area (Å²) in [6, 6.07) is 15.7. The van der Waals surface area contributed by atoms with E-state index in [1.807, 2.05) is 55.5 Å². The molecular weight excluding hydrogens is 350 g/mol. The van der Waals surface area contributed by atoms with Gasteiger partial charge in [0.05, 0.1) is 12.3 Å². The highest BCUT2D eigenvalue weighted by Crippen LogP contribution is 2.30. The smallest absolute Gasteiger partial charge is 0.162 e. The molecule has 0 saturated carbocycles. The predicted octanol–water partition coefficient (Wildman–Crippen LogP) is 5.96. The molecule has 1 heterocycles. The van der Waals surface area contributed by atoms with Gasteiger partial charge in [-0.05, 0) is 42.0 Å². The zero-order valence-corrected chi connectivity index (χ0v) is 17.0. The number of oxime groups is 1. The van der Waals surface area contributed by atoms with Crippen molar-refractivity contribution < 1.29 is 14.4 Å². The molecule has 4 nitrogen and oxygen atoms in total. The number of hydrogen-bond acceptors (Lipinski definition) is 4. The molecule has 1 aliphatic rings. The number of hydrogen-bond donors (Lipinski definition) is 0. The molecule has 0 N–H and O–H groups in total. The van der Waals surface area contributed by atoms with Crippen LogP contribution in [0.5, 0.6) is 5.75 Å². The molecule has 2 aromatic rings. The Morgan fingerprint density at radius 1 is 1.14 bits per heavy atom. The van der Waals surface area contributed by atoms with Gasteiger partial charge in [-0.15, -0.1) is 0 Å². The van der Waals surface area contributed by atoms with Crippen molar-refractivity contribution in [3.8, 4) is 5.75 Å². The van der Waals surface area contributed by atoms with Gasteiger partial charge in [-0.2, -0.15) is 0 Å². The fourth-order valence-electron chi connectivity index (χ4n) is 3.14. The van der Waals surface area contributed by atoms with Crippen LogP contribution in [0.1, 0.15) is 74.0 Å². The third-order valence-electron chi connectivity index (χ3n) is 4.90. The number of benzene rings is 2. The van der Waals surface area contributed by atoms with E-state index in [0.29, 0.717) is 12.3 Å². The molecule has 0 saturated heterocycles. The van der Waals surface area contributed by atoms with Crippen molar-refractivity contribution in [2.45, 2.75) is 52.6 Å². The number of carbonyl (C=O) groups is 1. The topological polar surface area (TPSA) is 47.9 Å². The number of Topliss-reactive ketones (excluding diaryl/α,β-unsaturated/α-hetero) is 1. The summed E-state index contributed by atoms with van der Waals surface area (Å²) < 4.78 is 5.78. The van der Waals surface area contributed by atoms with Gasteiger partial charge < -0.3 is 9.57 Å². The largest absolute Gasteiger partial charge is 0.494 e. The Bertz CT molecular complexity index is 807. The minimum atomic E-state index is -0.0823. The number of rotatable bonds is 9. The van der Waals surface area contributed by atoms with Crippen molar-refractivity contribution in [1.29, 1.82) is 0 Å². The van der Waals surface area contributed by atoms with Crippen molar-refractivity contribution in [1.82, 2.24) is 0 Å². The van der Waals surface area contributed by atoms with E-state index in [4.69, 9.17) is 9.57 Å². The van der Waals surface area contributed by atoms with E-state index in [1.54, 1.807) is 0 Å². The molecule has 0 aliphatic carbocycles. The van der Waals surface area contributed by atoms with Crippen molar-refractivity contribution >= 4 is 11.5 Å². The average molecular weight is 380 g/mol. The Morgan fingerprint density at radius 2 is 1.86 bits per heavy atom. The Balaban J connectivity index is 1.56. The van der Waals surface area contributed by atoms with Crippen molar-refractivity contribution in [3.63, 3.8) is 0 Å². The van der Waals surface area contributed by atoms with Gasteiger partial charge in [0.25, 0.3) is 0 Å². The lowest BCUT2D eigenvalue weighted by Crippen LogP contribution is -2.04. The standard InChI is InChI=1S/C24H29NO3/c1-4-5-23(26)19-8-6-18(7-9-19)22-16-24(28-25-22)20-10-12-21(13-11-20)27-15-14-17(2)3/h6-13,17,24H,4-5,14-16H2,1-3H3. The first-order chi connectivity index (χ1) is 13.6. The van der Waals surface area contributed by atoms with Crippen LogP contribution in [0.2, 0.25) is 0 Å². The van der Waals surface area contributed by atoms with Crippen molar-refractivity contribution in [3.05, 3.63) is 65.2 Å². The van der Waals surface area contributed by atoms with E-state index in [2.05, 4.69) is 19.0 Å². The van der Waals surface area contributed by atoms with Gasteiger partial charge in [-0.1, -0.05) is 62.3 Å². The van der Waals surface area contributed by atoms with Crippen LogP contribution in [0.25, 0.3) is 0 Å². The highest BCUT2D eigenvalue weighted by Gasteiger charge is 2.24. The molecule has 0 fully saturated rings. The van der Waals surface area contributed by atoms with Crippen LogP contribution in [0.15, 0.2) is 53.7 Å². The van der Waals surface area contributed by atoms with Crippen molar-refractivity contribution in [2.75, 3.05) is 6.61 Å². The van der Waals surface area contributed by atoms with Crippen molar-refractivity contribution in [2.24, 2.45) is 11.1 Å². The molecule has 0 radical (unpaired) electrons. The summed E-state index contributed by atoms with van der Waals surface area (Å²) in [6.07, 6.45) is 3.14. The highest BCUT2D eigenvalue weighted by molar-refractivity contribution is 6.02. The van der Waals surface area contributed by atoms with E-state index >= 15 is 0 Å². The molecule has 4 heteroatoms. The molecule has 0 bridgehead atoms. The Kier molecular flexibility index (Phi) is 6.85. The molecule has 0 spiro atoms. The lowest BCUT2D eigenvalue weighted by Gasteiger charge is -2.11. The van der Waals surface area contributed by atoms with Gasteiger partial charge in [-0.25, -0.2) is 0 Å². The third-order valence-corrected chi connectivity index (χ3v) is 4.90. The molecule has 3 rings (SSSR count). The van der Waals surface area contributed by atoms with Gasteiger partial charge in [0.1, 0.15) is 5.75 Å². The number of ketones is 1. The van der Waals surface area contributed by atoms with Crippen LogP contribution in [0.3, 0.4) is 0 Å². The van der Waals surface area contributed by atoms with Gasteiger partial charge in [0, 0.05) is 18.4 Å². The number of carbonyl (C=O) groups excluding carboxylic acids is 1. The summed E-state index contributed by atoms with van der Waals surface area (Å²) >= 11 is 0. The average Bonchev–Trinajstić information content (AvgIpc) is 3.19. The lowest BCUT2D eigenvalue weighted by molar-refractivity contribution is 0.0857. The first-order valence-electron chi connectivity index (χ1n) is 10.2. The van der Waals surface area contributed by atoms with E-state index in [1.165, 1.54) is 0 Å². The fraction of sp³-hybridized carbons (Fsp3) is 0.417. The Morgan fingerprint density at radius 3 is 2.50 bits per heavy atom. The second kappa shape index (κ2) is 9.54. The summed E-state index contributed by atoms with van der Waals surface area (Å²) in [5.41, 5.74) is 3.76. The molecular formula is C24H29NO3. The highest BCUT2D eigenvalue weighted by atomic mass is 16.6. The maximum atomic E-state index is 12.0. The zero-order chi connectivity index (χ0) is 19.9. The minimum Gasteiger partial charge on any atom is -0.494 e. The molecule has 2 aromatic carbocycles.